The molecule has 1 rings (SSSR count). The van der Waals surface area contributed by atoms with Gasteiger partial charge in [-0.25, -0.2) is 0 Å². The van der Waals surface area contributed by atoms with Crippen molar-refractivity contribution in [1.29, 1.82) is 0 Å². The summed E-state index contributed by atoms with van der Waals surface area (Å²) in [7, 11) is 0. The summed E-state index contributed by atoms with van der Waals surface area (Å²) < 4.78 is 5.13. The van der Waals surface area contributed by atoms with E-state index >= 15 is 0 Å². The molecule has 2 heteroatoms. The quantitative estimate of drug-likeness (QED) is 0.220. The molecule has 1 aliphatic rings. The van der Waals surface area contributed by atoms with E-state index in [0.717, 1.165) is 6.42 Å². The summed E-state index contributed by atoms with van der Waals surface area (Å²) in [5.74, 6) is 0.646. The highest BCUT2D eigenvalue weighted by atomic mass is 16.5. The molecule has 142 valence electrons. The van der Waals surface area contributed by atoms with Crippen LogP contribution in [0.4, 0.5) is 0 Å². The molecular weight excluding hydrogens is 296 g/mol. The van der Waals surface area contributed by atoms with E-state index < -0.39 is 0 Å². The fourth-order valence-corrected chi connectivity index (χ4v) is 3.72. The standard InChI is InChI=1S/C22H42O2/c1-2-3-4-5-6-7-8-9-10-11-12-13-14-15-16-17-21-18-19-22(23)24-20-21/h21H,2-20H2,1H3. The summed E-state index contributed by atoms with van der Waals surface area (Å²) in [6, 6.07) is 0. The lowest BCUT2D eigenvalue weighted by Gasteiger charge is -2.21. The van der Waals surface area contributed by atoms with Gasteiger partial charge in [0, 0.05) is 6.42 Å². The van der Waals surface area contributed by atoms with Gasteiger partial charge in [-0.2, -0.15) is 0 Å². The highest BCUT2D eigenvalue weighted by Gasteiger charge is 2.18. The molecule has 0 saturated carbocycles. The van der Waals surface area contributed by atoms with Crippen LogP contribution in [0.3, 0.4) is 0 Å². The van der Waals surface area contributed by atoms with Crippen LogP contribution < -0.4 is 0 Å². The van der Waals surface area contributed by atoms with E-state index in [0.29, 0.717) is 18.9 Å². The Morgan fingerprint density at radius 1 is 0.750 bits per heavy atom. The van der Waals surface area contributed by atoms with E-state index in [1.54, 1.807) is 0 Å². The minimum atomic E-state index is 0.00254. The third-order valence-electron chi connectivity index (χ3n) is 5.45. The Kier molecular flexibility index (Phi) is 14.3. The SMILES string of the molecule is CCCCCCCCCCCCCCCCCC1CCC(=O)OC1. The van der Waals surface area contributed by atoms with E-state index in [1.807, 2.05) is 0 Å². The maximum Gasteiger partial charge on any atom is 0.305 e. The van der Waals surface area contributed by atoms with Gasteiger partial charge in [0.25, 0.3) is 0 Å². The topological polar surface area (TPSA) is 26.3 Å². The van der Waals surface area contributed by atoms with Crippen LogP contribution >= 0.6 is 0 Å². The molecule has 1 aliphatic heterocycles. The molecule has 0 bridgehead atoms. The van der Waals surface area contributed by atoms with Gasteiger partial charge in [-0.1, -0.05) is 103 Å². The highest BCUT2D eigenvalue weighted by molar-refractivity contribution is 5.69. The minimum Gasteiger partial charge on any atom is -0.465 e. The molecule has 1 atom stereocenters. The van der Waals surface area contributed by atoms with Crippen molar-refractivity contribution in [3.8, 4) is 0 Å². The number of rotatable bonds is 16. The summed E-state index contributed by atoms with van der Waals surface area (Å²) in [6.45, 7) is 2.96. The molecule has 0 N–H and O–H groups in total. The number of unbranched alkanes of at least 4 members (excludes halogenated alkanes) is 14. The van der Waals surface area contributed by atoms with Crippen LogP contribution in [-0.2, 0) is 9.53 Å². The average molecular weight is 339 g/mol. The number of carbonyl (C=O) groups is 1. The second-order valence-electron chi connectivity index (χ2n) is 7.83. The van der Waals surface area contributed by atoms with Crippen LogP contribution in [0.2, 0.25) is 0 Å². The largest absolute Gasteiger partial charge is 0.465 e. The van der Waals surface area contributed by atoms with Crippen LogP contribution in [0, 0.1) is 5.92 Å². The van der Waals surface area contributed by atoms with Crippen LogP contribution in [0.25, 0.3) is 0 Å². The molecule has 24 heavy (non-hydrogen) atoms. The van der Waals surface area contributed by atoms with E-state index in [1.165, 1.54) is 103 Å². The lowest BCUT2D eigenvalue weighted by molar-refractivity contribution is -0.149. The molecule has 1 fully saturated rings. The summed E-state index contributed by atoms with van der Waals surface area (Å²) in [5, 5.41) is 0. The molecule has 0 spiro atoms. The maximum absolute atomic E-state index is 11.0. The second-order valence-corrected chi connectivity index (χ2v) is 7.83. The van der Waals surface area contributed by atoms with Gasteiger partial charge in [-0.05, 0) is 18.8 Å². The molecule has 1 heterocycles. The molecule has 0 radical (unpaired) electrons. The van der Waals surface area contributed by atoms with E-state index in [4.69, 9.17) is 4.74 Å². The first-order chi connectivity index (χ1) is 11.8. The Morgan fingerprint density at radius 3 is 1.62 bits per heavy atom. The fraction of sp³-hybridized carbons (Fsp3) is 0.955. The minimum absolute atomic E-state index is 0.00254. The number of carbonyl (C=O) groups excluding carboxylic acids is 1. The first-order valence-corrected chi connectivity index (χ1v) is 11.0. The van der Waals surface area contributed by atoms with Crippen LogP contribution in [0.5, 0.6) is 0 Å². The lowest BCUT2D eigenvalue weighted by Crippen LogP contribution is -2.21. The summed E-state index contributed by atoms with van der Waals surface area (Å²) >= 11 is 0. The number of hydrogen-bond acceptors (Lipinski definition) is 2. The van der Waals surface area contributed by atoms with Gasteiger partial charge in [-0.15, -0.1) is 0 Å². The van der Waals surface area contributed by atoms with Gasteiger partial charge in [0.15, 0.2) is 0 Å². The van der Waals surface area contributed by atoms with E-state index in [9.17, 15) is 4.79 Å². The van der Waals surface area contributed by atoms with Crippen molar-refractivity contribution >= 4 is 5.97 Å². The van der Waals surface area contributed by atoms with Gasteiger partial charge >= 0.3 is 5.97 Å². The molecule has 0 amide bonds. The molecule has 0 aromatic carbocycles. The monoisotopic (exact) mass is 338 g/mol. The lowest BCUT2D eigenvalue weighted by atomic mass is 9.95. The van der Waals surface area contributed by atoms with Gasteiger partial charge in [0.05, 0.1) is 6.61 Å². The van der Waals surface area contributed by atoms with Crippen LogP contribution in [0.1, 0.15) is 122 Å². The summed E-state index contributed by atoms with van der Waals surface area (Å²) in [4.78, 5) is 11.0. The Bertz CT molecular complexity index is 278. The van der Waals surface area contributed by atoms with E-state index in [2.05, 4.69) is 6.92 Å². The molecular formula is C22H42O2. The molecule has 0 aromatic rings. The third kappa shape index (κ3) is 12.8. The Morgan fingerprint density at radius 2 is 1.21 bits per heavy atom. The van der Waals surface area contributed by atoms with Crippen LogP contribution in [0.15, 0.2) is 0 Å². The first kappa shape index (κ1) is 21.5. The predicted molar refractivity (Wildman–Crippen MR) is 103 cm³/mol. The zero-order chi connectivity index (χ0) is 17.3. The van der Waals surface area contributed by atoms with Gasteiger partial charge < -0.3 is 4.74 Å². The van der Waals surface area contributed by atoms with Crippen molar-refractivity contribution in [2.24, 2.45) is 5.92 Å². The third-order valence-corrected chi connectivity index (χ3v) is 5.45. The van der Waals surface area contributed by atoms with Crippen molar-refractivity contribution in [2.45, 2.75) is 122 Å². The number of hydrogen-bond donors (Lipinski definition) is 0. The van der Waals surface area contributed by atoms with Gasteiger partial charge in [-0.3, -0.25) is 4.79 Å². The number of cyclic esters (lactones) is 1. The van der Waals surface area contributed by atoms with Gasteiger partial charge in [0.1, 0.15) is 0 Å². The Labute approximate surface area is 151 Å². The van der Waals surface area contributed by atoms with Crippen molar-refractivity contribution in [2.75, 3.05) is 6.61 Å². The molecule has 0 aliphatic carbocycles. The summed E-state index contributed by atoms with van der Waals surface area (Å²) in [6.07, 6.45) is 24.3. The van der Waals surface area contributed by atoms with Crippen molar-refractivity contribution < 1.29 is 9.53 Å². The molecule has 1 saturated heterocycles. The van der Waals surface area contributed by atoms with Crippen molar-refractivity contribution in [3.63, 3.8) is 0 Å². The number of esters is 1. The van der Waals surface area contributed by atoms with Crippen molar-refractivity contribution in [1.82, 2.24) is 0 Å². The highest BCUT2D eigenvalue weighted by Crippen LogP contribution is 2.21. The molecule has 1 unspecified atom stereocenters. The van der Waals surface area contributed by atoms with Crippen LogP contribution in [-0.4, -0.2) is 12.6 Å². The summed E-state index contributed by atoms with van der Waals surface area (Å²) in [5.41, 5.74) is 0. The zero-order valence-corrected chi connectivity index (χ0v) is 16.3. The predicted octanol–water partition coefficient (Wildman–Crippen LogP) is 7.20. The zero-order valence-electron chi connectivity index (χ0n) is 16.3. The maximum atomic E-state index is 11.0. The Hall–Kier alpha value is -0.530. The fourth-order valence-electron chi connectivity index (χ4n) is 3.72. The Balaban J connectivity index is 1.70. The molecule has 2 nitrogen and oxygen atoms in total. The van der Waals surface area contributed by atoms with Crippen molar-refractivity contribution in [3.05, 3.63) is 0 Å². The normalized spacial score (nSPS) is 17.9. The average Bonchev–Trinajstić information content (AvgIpc) is 2.60. The van der Waals surface area contributed by atoms with E-state index in [-0.39, 0.29) is 5.97 Å². The van der Waals surface area contributed by atoms with Gasteiger partial charge in [0.2, 0.25) is 0 Å². The number of ether oxygens (including phenoxy) is 1. The molecule has 0 aromatic heterocycles. The smallest absolute Gasteiger partial charge is 0.305 e. The first-order valence-electron chi connectivity index (χ1n) is 11.0. The second kappa shape index (κ2) is 16.0.